The molecule has 1 N–H and O–H groups in total. The van der Waals surface area contributed by atoms with Gasteiger partial charge in [0.25, 0.3) is 5.91 Å². The summed E-state index contributed by atoms with van der Waals surface area (Å²) in [5, 5.41) is 6.45. The van der Waals surface area contributed by atoms with Gasteiger partial charge in [0, 0.05) is 31.6 Å². The molecule has 1 atom stereocenters. The summed E-state index contributed by atoms with van der Waals surface area (Å²) in [6.07, 6.45) is -3.37. The number of hydrogen-bond acceptors (Lipinski definition) is 4. The number of nitrogens with one attached hydrogen (secondary N) is 1. The number of nitrogens with zero attached hydrogens (tertiary/aromatic N) is 1. The molecule has 0 aliphatic carbocycles. The van der Waals surface area contributed by atoms with Crippen molar-refractivity contribution in [2.45, 2.75) is 19.0 Å². The van der Waals surface area contributed by atoms with Crippen molar-refractivity contribution in [2.75, 3.05) is 19.8 Å². The number of hydrogen-bond donors (Lipinski definition) is 1. The zero-order valence-corrected chi connectivity index (χ0v) is 13.3. The molecule has 1 fully saturated rings. The summed E-state index contributed by atoms with van der Waals surface area (Å²) in [7, 11) is 0. The van der Waals surface area contributed by atoms with Crippen molar-refractivity contribution < 1.29 is 27.2 Å². The van der Waals surface area contributed by atoms with Crippen LogP contribution in [0.3, 0.4) is 0 Å². The molecule has 1 aliphatic rings. The minimum absolute atomic E-state index is 0.112. The predicted octanol–water partition coefficient (Wildman–Crippen LogP) is 3.05. The number of benzene rings is 1. The highest BCUT2D eigenvalue weighted by molar-refractivity contribution is 5.92. The number of ether oxygens (including phenoxy) is 1. The van der Waals surface area contributed by atoms with Gasteiger partial charge >= 0.3 is 6.18 Å². The van der Waals surface area contributed by atoms with Gasteiger partial charge in [-0.05, 0) is 18.1 Å². The molecule has 25 heavy (non-hydrogen) atoms. The Balaban J connectivity index is 1.60. The minimum Gasteiger partial charge on any atom is -0.381 e. The smallest absolute Gasteiger partial charge is 0.381 e. The van der Waals surface area contributed by atoms with Crippen molar-refractivity contribution in [3.8, 4) is 0 Å². The molecular weight excluding hydrogens is 337 g/mol. The lowest BCUT2D eigenvalue weighted by Gasteiger charge is -2.07. The van der Waals surface area contributed by atoms with Crippen LogP contribution in [0.5, 0.6) is 0 Å². The number of alkyl halides is 3. The molecule has 0 saturated carbocycles. The summed E-state index contributed by atoms with van der Waals surface area (Å²) in [6, 6.07) is 6.42. The highest BCUT2D eigenvalue weighted by Crippen LogP contribution is 2.30. The molecule has 8 heteroatoms. The van der Waals surface area contributed by atoms with E-state index in [9.17, 15) is 18.0 Å². The van der Waals surface area contributed by atoms with Gasteiger partial charge in [-0.3, -0.25) is 4.79 Å². The van der Waals surface area contributed by atoms with Crippen LogP contribution in [-0.4, -0.2) is 30.8 Å². The fourth-order valence-corrected chi connectivity index (χ4v) is 2.63. The lowest BCUT2D eigenvalue weighted by atomic mass is 10.1. The van der Waals surface area contributed by atoms with E-state index >= 15 is 0 Å². The van der Waals surface area contributed by atoms with Crippen molar-refractivity contribution >= 4 is 5.91 Å². The molecule has 3 rings (SSSR count). The van der Waals surface area contributed by atoms with Crippen LogP contribution in [0, 0.1) is 5.92 Å². The molecule has 134 valence electrons. The van der Waals surface area contributed by atoms with Gasteiger partial charge in [-0.1, -0.05) is 23.4 Å². The minimum atomic E-state index is -4.40. The van der Waals surface area contributed by atoms with E-state index in [1.165, 1.54) is 12.1 Å². The Kier molecular flexibility index (Phi) is 5.08. The maximum atomic E-state index is 12.7. The molecule has 1 unspecified atom stereocenters. The summed E-state index contributed by atoms with van der Waals surface area (Å²) in [5.41, 5.74) is -0.178. The van der Waals surface area contributed by atoms with Gasteiger partial charge in [-0.2, -0.15) is 13.2 Å². The summed E-state index contributed by atoms with van der Waals surface area (Å²) in [5.74, 6) is 0.250. The zero-order chi connectivity index (χ0) is 17.9. The molecule has 0 bridgehead atoms. The van der Waals surface area contributed by atoms with Crippen LogP contribution >= 0.6 is 0 Å². The lowest BCUT2D eigenvalue weighted by Crippen LogP contribution is -2.29. The van der Waals surface area contributed by atoms with Crippen molar-refractivity contribution in [1.82, 2.24) is 10.5 Å². The number of aromatic nitrogens is 1. The summed E-state index contributed by atoms with van der Waals surface area (Å²) in [4.78, 5) is 12.0. The molecule has 1 aliphatic heterocycles. The molecule has 0 spiro atoms. The second-order valence-corrected chi connectivity index (χ2v) is 5.99. The number of amides is 1. The van der Waals surface area contributed by atoms with Crippen LogP contribution in [0.15, 0.2) is 34.9 Å². The Morgan fingerprint density at radius 1 is 1.32 bits per heavy atom. The van der Waals surface area contributed by atoms with Crippen molar-refractivity contribution in [1.29, 1.82) is 0 Å². The quantitative estimate of drug-likeness (QED) is 0.896. The second kappa shape index (κ2) is 7.26. The second-order valence-electron chi connectivity index (χ2n) is 5.99. The van der Waals surface area contributed by atoms with E-state index in [1.54, 1.807) is 6.07 Å². The molecule has 1 aromatic carbocycles. The molecule has 2 aromatic rings. The first-order chi connectivity index (χ1) is 11.9. The molecule has 1 aromatic heterocycles. The third-order valence-electron chi connectivity index (χ3n) is 4.00. The summed E-state index contributed by atoms with van der Waals surface area (Å²) in [6.45, 7) is 1.82. The first-order valence-corrected chi connectivity index (χ1v) is 7.89. The van der Waals surface area contributed by atoms with Crippen LogP contribution in [0.2, 0.25) is 0 Å². The Hall–Kier alpha value is -2.35. The van der Waals surface area contributed by atoms with Crippen LogP contribution in [0.25, 0.3) is 0 Å². The standard InChI is InChI=1S/C17H17F3N2O3/c18-17(19,20)13-3-1-2-11(6-13)7-14-8-15(22-25-14)16(23)21-9-12-4-5-24-10-12/h1-3,6,8,12H,4-5,7,9-10H2,(H,21,23). The number of carbonyl (C=O) groups excluding carboxylic acids is 1. The van der Waals surface area contributed by atoms with Crippen molar-refractivity contribution in [3.05, 3.63) is 52.9 Å². The highest BCUT2D eigenvalue weighted by Gasteiger charge is 2.30. The largest absolute Gasteiger partial charge is 0.416 e. The van der Waals surface area contributed by atoms with Crippen LogP contribution in [0.1, 0.15) is 33.8 Å². The Morgan fingerprint density at radius 3 is 2.88 bits per heavy atom. The molecule has 1 saturated heterocycles. The van der Waals surface area contributed by atoms with Crippen LogP contribution in [0.4, 0.5) is 13.2 Å². The van der Waals surface area contributed by atoms with E-state index in [0.29, 0.717) is 37.0 Å². The summed E-state index contributed by atoms with van der Waals surface area (Å²) >= 11 is 0. The van der Waals surface area contributed by atoms with E-state index in [2.05, 4.69) is 10.5 Å². The highest BCUT2D eigenvalue weighted by atomic mass is 19.4. The van der Waals surface area contributed by atoms with E-state index in [0.717, 1.165) is 18.6 Å². The molecule has 2 heterocycles. The van der Waals surface area contributed by atoms with Gasteiger partial charge in [0.1, 0.15) is 5.76 Å². The summed E-state index contributed by atoms with van der Waals surface area (Å²) < 4.78 is 48.5. The fraction of sp³-hybridized carbons (Fsp3) is 0.412. The Morgan fingerprint density at radius 2 is 2.16 bits per heavy atom. The molecular formula is C17H17F3N2O3. The van der Waals surface area contributed by atoms with Gasteiger partial charge in [-0.15, -0.1) is 0 Å². The topological polar surface area (TPSA) is 64.4 Å². The molecule has 1 amide bonds. The molecule has 0 radical (unpaired) electrons. The lowest BCUT2D eigenvalue weighted by molar-refractivity contribution is -0.137. The maximum Gasteiger partial charge on any atom is 0.416 e. The first kappa shape index (κ1) is 17.5. The Bertz CT molecular complexity index is 737. The van der Waals surface area contributed by atoms with E-state index in [1.807, 2.05) is 0 Å². The monoisotopic (exact) mass is 354 g/mol. The van der Waals surface area contributed by atoms with Gasteiger partial charge in [0.2, 0.25) is 0 Å². The number of carbonyl (C=O) groups is 1. The first-order valence-electron chi connectivity index (χ1n) is 7.89. The fourth-order valence-electron chi connectivity index (χ4n) is 2.63. The van der Waals surface area contributed by atoms with Crippen LogP contribution < -0.4 is 5.32 Å². The van der Waals surface area contributed by atoms with E-state index in [-0.39, 0.29) is 18.0 Å². The average molecular weight is 354 g/mol. The molecule has 5 nitrogen and oxygen atoms in total. The van der Waals surface area contributed by atoms with Crippen LogP contribution in [-0.2, 0) is 17.3 Å². The average Bonchev–Trinajstić information content (AvgIpc) is 3.24. The zero-order valence-electron chi connectivity index (χ0n) is 13.3. The third-order valence-corrected chi connectivity index (χ3v) is 4.00. The SMILES string of the molecule is O=C(NCC1CCOC1)c1cc(Cc2cccc(C(F)(F)F)c2)on1. The number of rotatable bonds is 5. The van der Waals surface area contributed by atoms with E-state index in [4.69, 9.17) is 9.26 Å². The van der Waals surface area contributed by atoms with Crippen molar-refractivity contribution in [3.63, 3.8) is 0 Å². The number of halogens is 3. The van der Waals surface area contributed by atoms with E-state index < -0.39 is 11.7 Å². The maximum absolute atomic E-state index is 12.7. The van der Waals surface area contributed by atoms with Gasteiger partial charge in [-0.25, -0.2) is 0 Å². The van der Waals surface area contributed by atoms with Gasteiger partial charge in [0.05, 0.1) is 12.2 Å². The van der Waals surface area contributed by atoms with Crippen molar-refractivity contribution in [2.24, 2.45) is 5.92 Å². The third kappa shape index (κ3) is 4.60. The Labute approximate surface area is 142 Å². The predicted molar refractivity (Wildman–Crippen MR) is 82.0 cm³/mol. The van der Waals surface area contributed by atoms with Gasteiger partial charge in [0.15, 0.2) is 5.69 Å². The van der Waals surface area contributed by atoms with Gasteiger partial charge < -0.3 is 14.6 Å². The normalized spacial score (nSPS) is 17.6.